The van der Waals surface area contributed by atoms with Crippen molar-refractivity contribution in [1.82, 2.24) is 9.72 Å². The van der Waals surface area contributed by atoms with Crippen LogP contribution in [0.3, 0.4) is 0 Å². The molecule has 5 nitrogen and oxygen atoms in total. The van der Waals surface area contributed by atoms with Crippen LogP contribution >= 0.6 is 11.3 Å². The molecule has 22 heavy (non-hydrogen) atoms. The van der Waals surface area contributed by atoms with Gasteiger partial charge in [0.25, 0.3) is 0 Å². The Morgan fingerprint density at radius 2 is 2.27 bits per heavy atom. The summed E-state index contributed by atoms with van der Waals surface area (Å²) >= 11 is 1.47. The molecule has 2 heterocycles. The summed E-state index contributed by atoms with van der Waals surface area (Å²) in [7, 11) is 0. The highest BCUT2D eigenvalue weighted by Gasteiger charge is 2.12. The SMILES string of the molecule is C=CCn1c(=NC(=O)c2cc(C)no2)sc2cc(C)ccc21. The van der Waals surface area contributed by atoms with Gasteiger partial charge in [-0.15, -0.1) is 6.58 Å². The Balaban J connectivity index is 2.16. The maximum Gasteiger partial charge on any atom is 0.318 e. The number of nitrogens with zero attached hydrogens (tertiary/aromatic N) is 3. The minimum Gasteiger partial charge on any atom is -0.351 e. The van der Waals surface area contributed by atoms with Gasteiger partial charge in [-0.25, -0.2) is 0 Å². The zero-order valence-corrected chi connectivity index (χ0v) is 13.2. The quantitative estimate of drug-likeness (QED) is 0.697. The van der Waals surface area contributed by atoms with Crippen LogP contribution < -0.4 is 4.80 Å². The Bertz CT molecular complexity index is 930. The van der Waals surface area contributed by atoms with E-state index in [1.807, 2.05) is 23.6 Å². The highest BCUT2D eigenvalue weighted by molar-refractivity contribution is 7.16. The molecule has 3 rings (SSSR count). The molecule has 0 N–H and O–H groups in total. The van der Waals surface area contributed by atoms with Crippen molar-refractivity contribution in [2.45, 2.75) is 20.4 Å². The van der Waals surface area contributed by atoms with Crippen molar-refractivity contribution in [1.29, 1.82) is 0 Å². The maximum atomic E-state index is 12.2. The van der Waals surface area contributed by atoms with Crippen LogP contribution in [0.4, 0.5) is 0 Å². The van der Waals surface area contributed by atoms with Crippen LogP contribution in [0.25, 0.3) is 10.2 Å². The molecule has 0 unspecified atom stereocenters. The number of fused-ring (bicyclic) bond motifs is 1. The number of thiazole rings is 1. The third-order valence-corrected chi connectivity index (χ3v) is 4.23. The fraction of sp³-hybridized carbons (Fsp3) is 0.188. The molecule has 6 heteroatoms. The Morgan fingerprint density at radius 3 is 2.95 bits per heavy atom. The molecule has 1 aromatic carbocycles. The van der Waals surface area contributed by atoms with E-state index in [9.17, 15) is 4.79 Å². The van der Waals surface area contributed by atoms with Crippen molar-refractivity contribution in [3.8, 4) is 0 Å². The van der Waals surface area contributed by atoms with Crippen LogP contribution in [0.15, 0.2) is 46.4 Å². The van der Waals surface area contributed by atoms with Gasteiger partial charge in [0.1, 0.15) is 0 Å². The van der Waals surface area contributed by atoms with Crippen LogP contribution in [0.1, 0.15) is 21.8 Å². The van der Waals surface area contributed by atoms with E-state index in [1.54, 1.807) is 19.1 Å². The Morgan fingerprint density at radius 1 is 1.45 bits per heavy atom. The van der Waals surface area contributed by atoms with Crippen molar-refractivity contribution in [3.05, 3.63) is 58.7 Å². The molecule has 2 aromatic heterocycles. The molecule has 0 fully saturated rings. The number of aromatic nitrogens is 2. The highest BCUT2D eigenvalue weighted by Crippen LogP contribution is 2.19. The van der Waals surface area contributed by atoms with Gasteiger partial charge < -0.3 is 9.09 Å². The van der Waals surface area contributed by atoms with Crippen molar-refractivity contribution in [3.63, 3.8) is 0 Å². The van der Waals surface area contributed by atoms with Crippen LogP contribution in [0, 0.1) is 13.8 Å². The van der Waals surface area contributed by atoms with Crippen LogP contribution in [0.5, 0.6) is 0 Å². The van der Waals surface area contributed by atoms with Crippen molar-refractivity contribution < 1.29 is 9.32 Å². The Kier molecular flexibility index (Phi) is 3.77. The van der Waals surface area contributed by atoms with Gasteiger partial charge in [-0.2, -0.15) is 4.99 Å². The molecule has 0 aliphatic rings. The van der Waals surface area contributed by atoms with Gasteiger partial charge in [0, 0.05) is 12.6 Å². The molecule has 0 atom stereocenters. The van der Waals surface area contributed by atoms with E-state index >= 15 is 0 Å². The summed E-state index contributed by atoms with van der Waals surface area (Å²) in [5, 5.41) is 3.72. The van der Waals surface area contributed by atoms with Gasteiger partial charge in [-0.05, 0) is 31.5 Å². The number of hydrogen-bond acceptors (Lipinski definition) is 4. The fourth-order valence-corrected chi connectivity index (χ4v) is 3.31. The lowest BCUT2D eigenvalue weighted by molar-refractivity contribution is 0.0962. The molecule has 0 aliphatic heterocycles. The van der Waals surface area contributed by atoms with Crippen LogP contribution in [0.2, 0.25) is 0 Å². The van der Waals surface area contributed by atoms with Gasteiger partial charge in [0.2, 0.25) is 5.76 Å². The second kappa shape index (κ2) is 5.73. The molecule has 0 radical (unpaired) electrons. The zero-order valence-electron chi connectivity index (χ0n) is 12.4. The van der Waals surface area contributed by atoms with Gasteiger partial charge in [0.05, 0.1) is 15.9 Å². The van der Waals surface area contributed by atoms with E-state index in [0.29, 0.717) is 17.0 Å². The molecular formula is C16H15N3O2S. The van der Waals surface area contributed by atoms with E-state index < -0.39 is 5.91 Å². The summed E-state index contributed by atoms with van der Waals surface area (Å²) < 4.78 is 8.02. The average molecular weight is 313 g/mol. The normalized spacial score (nSPS) is 12.0. The molecule has 3 aromatic rings. The number of allylic oxidation sites excluding steroid dienone is 1. The van der Waals surface area contributed by atoms with E-state index in [4.69, 9.17) is 4.52 Å². The van der Waals surface area contributed by atoms with Gasteiger partial charge in [-0.1, -0.05) is 28.6 Å². The van der Waals surface area contributed by atoms with E-state index in [-0.39, 0.29) is 5.76 Å². The lowest BCUT2D eigenvalue weighted by Crippen LogP contribution is -2.16. The summed E-state index contributed by atoms with van der Waals surface area (Å²) in [6, 6.07) is 7.75. The summed E-state index contributed by atoms with van der Waals surface area (Å²) in [5.41, 5.74) is 2.86. The molecule has 0 saturated carbocycles. The van der Waals surface area contributed by atoms with Gasteiger partial charge in [0.15, 0.2) is 4.80 Å². The third-order valence-electron chi connectivity index (χ3n) is 3.19. The van der Waals surface area contributed by atoms with E-state index in [0.717, 1.165) is 10.2 Å². The monoisotopic (exact) mass is 313 g/mol. The van der Waals surface area contributed by atoms with Crippen LogP contribution in [-0.2, 0) is 6.54 Å². The number of carbonyl (C=O) groups is 1. The third kappa shape index (κ3) is 2.65. The minimum atomic E-state index is -0.429. The van der Waals surface area contributed by atoms with Gasteiger partial charge >= 0.3 is 5.91 Å². The molecule has 112 valence electrons. The summed E-state index contributed by atoms with van der Waals surface area (Å²) in [5.74, 6) is -0.280. The van der Waals surface area contributed by atoms with Crippen molar-refractivity contribution in [2.24, 2.45) is 4.99 Å². The number of rotatable bonds is 3. The number of benzene rings is 1. The summed E-state index contributed by atoms with van der Waals surface area (Å²) in [4.78, 5) is 17.0. The first kappa shape index (κ1) is 14.5. The lowest BCUT2D eigenvalue weighted by atomic mass is 10.2. The standard InChI is InChI=1S/C16H15N3O2S/c1-4-7-19-12-6-5-10(2)8-14(12)22-16(19)17-15(20)13-9-11(3)18-21-13/h4-6,8-9H,1,7H2,2-3H3. The second-order valence-corrected chi connectivity index (χ2v) is 6.01. The predicted molar refractivity (Wildman–Crippen MR) is 85.9 cm³/mol. The molecule has 0 aliphatic carbocycles. The predicted octanol–water partition coefficient (Wildman–Crippen LogP) is 3.23. The van der Waals surface area contributed by atoms with Gasteiger partial charge in [-0.3, -0.25) is 4.79 Å². The molecule has 0 saturated heterocycles. The number of carbonyl (C=O) groups excluding carboxylic acids is 1. The fourth-order valence-electron chi connectivity index (χ4n) is 2.18. The number of amides is 1. The summed E-state index contributed by atoms with van der Waals surface area (Å²) in [6.07, 6.45) is 1.79. The minimum absolute atomic E-state index is 0.149. The smallest absolute Gasteiger partial charge is 0.318 e. The van der Waals surface area contributed by atoms with E-state index in [2.05, 4.69) is 22.8 Å². The van der Waals surface area contributed by atoms with Crippen LogP contribution in [-0.4, -0.2) is 15.6 Å². The first-order valence-electron chi connectivity index (χ1n) is 6.82. The first-order valence-corrected chi connectivity index (χ1v) is 7.63. The lowest BCUT2D eigenvalue weighted by Gasteiger charge is -2.00. The van der Waals surface area contributed by atoms with E-state index in [1.165, 1.54) is 16.9 Å². The zero-order chi connectivity index (χ0) is 15.7. The number of aryl methyl sites for hydroxylation is 2. The molecule has 0 bridgehead atoms. The molecular weight excluding hydrogens is 298 g/mol. The molecule has 1 amide bonds. The molecule has 0 spiro atoms. The number of hydrogen-bond donors (Lipinski definition) is 0. The topological polar surface area (TPSA) is 60.4 Å². The second-order valence-electron chi connectivity index (χ2n) is 5.00. The highest BCUT2D eigenvalue weighted by atomic mass is 32.1. The Hall–Kier alpha value is -2.47. The first-order chi connectivity index (χ1) is 10.6. The Labute approximate surface area is 131 Å². The van der Waals surface area contributed by atoms with Crippen molar-refractivity contribution >= 4 is 27.5 Å². The van der Waals surface area contributed by atoms with Crippen molar-refractivity contribution in [2.75, 3.05) is 0 Å². The average Bonchev–Trinajstić information content (AvgIpc) is 3.04. The summed E-state index contributed by atoms with van der Waals surface area (Å²) in [6.45, 7) is 8.16. The maximum absolute atomic E-state index is 12.2. The largest absolute Gasteiger partial charge is 0.351 e.